The van der Waals surface area contributed by atoms with Gasteiger partial charge in [0, 0.05) is 19.3 Å². The minimum atomic E-state index is -0.688. The van der Waals surface area contributed by atoms with Crippen molar-refractivity contribution in [1.82, 2.24) is 0 Å². The number of carboxylic acids is 1. The fourth-order valence-electron chi connectivity index (χ4n) is 8.10. The lowest BCUT2D eigenvalue weighted by atomic mass is 9.44. The van der Waals surface area contributed by atoms with Gasteiger partial charge in [-0.25, -0.2) is 0 Å². The molecule has 4 saturated carbocycles. The second kappa shape index (κ2) is 8.69. The highest BCUT2D eigenvalue weighted by atomic mass is 16.4. The third kappa shape index (κ3) is 3.91. The molecule has 8 atom stereocenters. The Morgan fingerprint density at radius 1 is 1.07 bits per heavy atom. The summed E-state index contributed by atoms with van der Waals surface area (Å²) in [5.74, 6) is 2.17. The predicted molar refractivity (Wildman–Crippen MR) is 114 cm³/mol. The number of rotatable bonds is 4. The molecule has 0 spiro atoms. The summed E-state index contributed by atoms with van der Waals surface area (Å²) >= 11 is 0. The Morgan fingerprint density at radius 3 is 2.45 bits per heavy atom. The van der Waals surface area contributed by atoms with Crippen LogP contribution >= 0.6 is 0 Å². The van der Waals surface area contributed by atoms with E-state index in [4.69, 9.17) is 5.11 Å². The van der Waals surface area contributed by atoms with Crippen molar-refractivity contribution >= 4 is 11.8 Å². The summed E-state index contributed by atoms with van der Waals surface area (Å²) in [5, 5.41) is 20.1. The molecule has 4 nitrogen and oxygen atoms in total. The molecular weight excluding hydrogens is 364 g/mol. The van der Waals surface area contributed by atoms with E-state index in [0.717, 1.165) is 32.1 Å². The lowest BCUT2D eigenvalue weighted by Crippen LogP contribution is -2.58. The smallest absolute Gasteiger partial charge is 0.303 e. The van der Waals surface area contributed by atoms with Crippen molar-refractivity contribution in [2.24, 2.45) is 40.4 Å². The molecule has 0 aliphatic heterocycles. The number of carbonyl (C=O) groups is 2. The molecule has 29 heavy (non-hydrogen) atoms. The van der Waals surface area contributed by atoms with Gasteiger partial charge in [-0.15, -0.1) is 0 Å². The summed E-state index contributed by atoms with van der Waals surface area (Å²) in [7, 11) is 0. The molecule has 166 valence electrons. The monoisotopic (exact) mass is 406 g/mol. The van der Waals surface area contributed by atoms with Crippen molar-refractivity contribution in [3.8, 4) is 0 Å². The number of carbonyl (C=O) groups excluding carboxylic acids is 1. The molecule has 0 saturated heterocycles. The standard InChI is InChI=1S/C23H36O4.C2H6/c1-22-11-9-18-21(17(22)7-6-14(22)4-3-5-20(26)27)19(25)13-15-12-16(24)8-10-23(15,18)2;1-2/h14-15,17-19,21,25H,3-13H2,1-2H3,(H,26,27);1-2H3. The van der Waals surface area contributed by atoms with Gasteiger partial charge in [-0.05, 0) is 91.8 Å². The highest BCUT2D eigenvalue weighted by Gasteiger charge is 2.62. The number of carboxylic acid groups (broad SMARTS) is 1. The lowest BCUT2D eigenvalue weighted by molar-refractivity contribution is -0.167. The van der Waals surface area contributed by atoms with E-state index < -0.39 is 5.97 Å². The molecule has 4 rings (SSSR count). The summed E-state index contributed by atoms with van der Waals surface area (Å²) in [6.45, 7) is 8.84. The number of ketones is 1. The molecule has 4 fully saturated rings. The van der Waals surface area contributed by atoms with Gasteiger partial charge in [-0.2, -0.15) is 0 Å². The molecule has 4 heteroatoms. The van der Waals surface area contributed by atoms with Crippen LogP contribution in [0.15, 0.2) is 0 Å². The molecule has 0 amide bonds. The van der Waals surface area contributed by atoms with Crippen LogP contribution in [-0.2, 0) is 9.59 Å². The summed E-state index contributed by atoms with van der Waals surface area (Å²) in [6, 6.07) is 0. The van der Waals surface area contributed by atoms with Crippen LogP contribution in [0.3, 0.4) is 0 Å². The van der Waals surface area contributed by atoms with Crippen LogP contribution in [0.1, 0.15) is 98.3 Å². The highest BCUT2D eigenvalue weighted by Crippen LogP contribution is 2.67. The number of fused-ring (bicyclic) bond motifs is 5. The zero-order chi connectivity index (χ0) is 21.4. The third-order valence-electron chi connectivity index (χ3n) is 9.64. The summed E-state index contributed by atoms with van der Waals surface area (Å²) < 4.78 is 0. The van der Waals surface area contributed by atoms with Crippen LogP contribution in [0.5, 0.6) is 0 Å². The van der Waals surface area contributed by atoms with Crippen molar-refractivity contribution in [2.75, 3.05) is 0 Å². The van der Waals surface area contributed by atoms with Gasteiger partial charge in [0.25, 0.3) is 0 Å². The van der Waals surface area contributed by atoms with Crippen LogP contribution < -0.4 is 0 Å². The van der Waals surface area contributed by atoms with Gasteiger partial charge >= 0.3 is 5.97 Å². The minimum absolute atomic E-state index is 0.223. The Balaban J connectivity index is 0.00000117. The molecule has 0 aromatic carbocycles. The third-order valence-corrected chi connectivity index (χ3v) is 9.64. The molecule has 0 aromatic heterocycles. The summed E-state index contributed by atoms with van der Waals surface area (Å²) in [5.41, 5.74) is 0.481. The van der Waals surface area contributed by atoms with Crippen molar-refractivity contribution in [3.05, 3.63) is 0 Å². The fraction of sp³-hybridized carbons (Fsp3) is 0.920. The number of aliphatic carboxylic acids is 1. The first kappa shape index (κ1) is 22.8. The Hall–Kier alpha value is -0.900. The number of hydrogen-bond acceptors (Lipinski definition) is 3. The molecule has 2 N–H and O–H groups in total. The van der Waals surface area contributed by atoms with E-state index in [0.29, 0.717) is 41.8 Å². The zero-order valence-electron chi connectivity index (χ0n) is 19.0. The van der Waals surface area contributed by atoms with Crippen LogP contribution in [-0.4, -0.2) is 28.1 Å². The number of aliphatic hydroxyl groups excluding tert-OH is 1. The summed E-state index contributed by atoms with van der Waals surface area (Å²) in [6.07, 6.45) is 9.79. The van der Waals surface area contributed by atoms with Gasteiger partial charge in [0.05, 0.1) is 6.10 Å². The highest BCUT2D eigenvalue weighted by molar-refractivity contribution is 5.79. The Kier molecular flexibility index (Phi) is 6.82. The van der Waals surface area contributed by atoms with Crippen molar-refractivity contribution < 1.29 is 19.8 Å². The second-order valence-corrected chi connectivity index (χ2v) is 10.6. The zero-order valence-corrected chi connectivity index (χ0v) is 19.0. The first-order valence-corrected chi connectivity index (χ1v) is 12.2. The predicted octanol–water partition coefficient (Wildman–Crippen LogP) is 5.47. The van der Waals surface area contributed by atoms with Gasteiger partial charge in [0.1, 0.15) is 5.78 Å². The van der Waals surface area contributed by atoms with Crippen molar-refractivity contribution in [1.29, 1.82) is 0 Å². The number of Topliss-reactive ketones (excluding diaryl/α,β-unsaturated/α-hetero) is 1. The SMILES string of the molecule is CC.CC12CCC3C(C(O)CC4CC(=O)CCC43C)C1CCC2CCCC(=O)O. The van der Waals surface area contributed by atoms with Crippen LogP contribution in [0.25, 0.3) is 0 Å². The van der Waals surface area contributed by atoms with E-state index in [1.165, 1.54) is 25.7 Å². The van der Waals surface area contributed by atoms with Gasteiger partial charge in [-0.1, -0.05) is 27.7 Å². The van der Waals surface area contributed by atoms with Crippen molar-refractivity contribution in [3.63, 3.8) is 0 Å². The fourth-order valence-corrected chi connectivity index (χ4v) is 8.10. The number of hydrogen-bond donors (Lipinski definition) is 2. The van der Waals surface area contributed by atoms with E-state index in [9.17, 15) is 14.7 Å². The maximum absolute atomic E-state index is 12.0. The Labute approximate surface area is 176 Å². The number of aliphatic hydroxyl groups is 1. The first-order valence-electron chi connectivity index (χ1n) is 12.2. The van der Waals surface area contributed by atoms with Gasteiger partial charge in [0.15, 0.2) is 0 Å². The van der Waals surface area contributed by atoms with E-state index in [-0.39, 0.29) is 23.4 Å². The first-order chi connectivity index (χ1) is 13.8. The maximum atomic E-state index is 12.0. The maximum Gasteiger partial charge on any atom is 0.303 e. The second-order valence-electron chi connectivity index (χ2n) is 10.6. The van der Waals surface area contributed by atoms with Gasteiger partial charge < -0.3 is 10.2 Å². The van der Waals surface area contributed by atoms with Crippen LogP contribution in [0.4, 0.5) is 0 Å². The molecule has 0 bridgehead atoms. The molecule has 8 unspecified atom stereocenters. The average Bonchev–Trinajstić information content (AvgIpc) is 3.01. The largest absolute Gasteiger partial charge is 0.481 e. The van der Waals surface area contributed by atoms with Gasteiger partial charge in [0.2, 0.25) is 0 Å². The van der Waals surface area contributed by atoms with E-state index in [2.05, 4.69) is 13.8 Å². The minimum Gasteiger partial charge on any atom is -0.481 e. The van der Waals surface area contributed by atoms with E-state index in [1.54, 1.807) is 0 Å². The molecule has 0 aromatic rings. The molecule has 4 aliphatic rings. The van der Waals surface area contributed by atoms with Crippen molar-refractivity contribution in [2.45, 2.75) is 104 Å². The molecule has 4 aliphatic carbocycles. The topological polar surface area (TPSA) is 74.6 Å². The Bertz CT molecular complexity index is 616. The van der Waals surface area contributed by atoms with Gasteiger partial charge in [-0.3, -0.25) is 9.59 Å². The quantitative estimate of drug-likeness (QED) is 0.649. The molecule has 0 radical (unpaired) electrons. The van der Waals surface area contributed by atoms with E-state index >= 15 is 0 Å². The summed E-state index contributed by atoms with van der Waals surface area (Å²) in [4.78, 5) is 22.9. The van der Waals surface area contributed by atoms with Crippen LogP contribution in [0, 0.1) is 40.4 Å². The molecular formula is C25H42O4. The van der Waals surface area contributed by atoms with E-state index in [1.807, 2.05) is 13.8 Å². The van der Waals surface area contributed by atoms with Crippen LogP contribution in [0.2, 0.25) is 0 Å². The lowest BCUT2D eigenvalue weighted by Gasteiger charge is -2.61. The molecule has 0 heterocycles. The average molecular weight is 407 g/mol. The Morgan fingerprint density at radius 2 is 1.76 bits per heavy atom. The normalized spacial score (nSPS) is 46.0.